The molecule has 3 aromatic rings. The van der Waals surface area contributed by atoms with Crippen LogP contribution in [0.4, 0.5) is 5.69 Å². The van der Waals surface area contributed by atoms with Gasteiger partial charge in [0.05, 0.1) is 11.4 Å². The molecule has 2 aromatic carbocycles. The van der Waals surface area contributed by atoms with E-state index in [0.717, 1.165) is 16.5 Å². The monoisotopic (exact) mass is 429 g/mol. The fourth-order valence-electron chi connectivity index (χ4n) is 5.22. The van der Waals surface area contributed by atoms with Gasteiger partial charge in [0.1, 0.15) is 0 Å². The number of hydrogen-bond donors (Lipinski definition) is 1. The molecular weight excluding hydrogens is 402 g/mol. The van der Waals surface area contributed by atoms with Crippen molar-refractivity contribution < 1.29 is 14.4 Å². The zero-order chi connectivity index (χ0) is 22.8. The molecular formula is C26H27N3O3. The van der Waals surface area contributed by atoms with E-state index in [0.29, 0.717) is 29.9 Å². The molecule has 1 spiro atoms. The first-order valence-electron chi connectivity index (χ1n) is 11.2. The quantitative estimate of drug-likeness (QED) is 0.670. The highest BCUT2D eigenvalue weighted by atomic mass is 16.2. The molecule has 6 heteroatoms. The van der Waals surface area contributed by atoms with Crippen molar-refractivity contribution in [1.82, 2.24) is 9.88 Å². The van der Waals surface area contributed by atoms with Crippen LogP contribution in [0.3, 0.4) is 0 Å². The van der Waals surface area contributed by atoms with Gasteiger partial charge in [0.25, 0.3) is 5.91 Å². The Morgan fingerprint density at radius 3 is 2.31 bits per heavy atom. The van der Waals surface area contributed by atoms with Crippen LogP contribution in [0.25, 0.3) is 10.9 Å². The summed E-state index contributed by atoms with van der Waals surface area (Å²) < 4.78 is 0. The summed E-state index contributed by atoms with van der Waals surface area (Å²) in [5.41, 5.74) is 2.53. The Hall–Kier alpha value is -3.41. The van der Waals surface area contributed by atoms with Crippen molar-refractivity contribution in [3.8, 4) is 0 Å². The molecule has 3 amide bonds. The number of hydrogen-bond acceptors (Lipinski definition) is 3. The SMILES string of the molecule is CC(C)C(=O)N1C(=O)[C@@]2(c3ccccc31)c1[nH]c3ccccc3c1CCN2C(=O)C(C)C. The molecule has 2 aliphatic rings. The number of aromatic nitrogens is 1. The van der Waals surface area contributed by atoms with Crippen LogP contribution in [0.5, 0.6) is 0 Å². The smallest absolute Gasteiger partial charge is 0.270 e. The molecule has 0 unspecified atom stereocenters. The van der Waals surface area contributed by atoms with Crippen LogP contribution in [0.1, 0.15) is 44.5 Å². The fraction of sp³-hybridized carbons (Fsp3) is 0.346. The normalized spacial score (nSPS) is 19.9. The van der Waals surface area contributed by atoms with Crippen molar-refractivity contribution in [2.45, 2.75) is 39.7 Å². The summed E-state index contributed by atoms with van der Waals surface area (Å²) in [6, 6.07) is 15.3. The van der Waals surface area contributed by atoms with E-state index in [4.69, 9.17) is 0 Å². The summed E-state index contributed by atoms with van der Waals surface area (Å²) in [6.45, 7) is 7.68. The first-order chi connectivity index (χ1) is 15.3. The average Bonchev–Trinajstić information content (AvgIpc) is 3.28. The van der Waals surface area contributed by atoms with Gasteiger partial charge < -0.3 is 9.88 Å². The minimum Gasteiger partial charge on any atom is -0.355 e. The predicted octanol–water partition coefficient (Wildman–Crippen LogP) is 3.98. The number of carbonyl (C=O) groups excluding carboxylic acids is 3. The van der Waals surface area contributed by atoms with Crippen molar-refractivity contribution in [3.63, 3.8) is 0 Å². The number of amides is 3. The number of fused-ring (bicyclic) bond motifs is 6. The van der Waals surface area contributed by atoms with E-state index < -0.39 is 5.54 Å². The summed E-state index contributed by atoms with van der Waals surface area (Å²) in [4.78, 5) is 47.6. The van der Waals surface area contributed by atoms with Gasteiger partial charge in [-0.05, 0) is 24.1 Å². The van der Waals surface area contributed by atoms with Gasteiger partial charge in [-0.25, -0.2) is 4.90 Å². The topological polar surface area (TPSA) is 73.5 Å². The van der Waals surface area contributed by atoms with Crippen molar-refractivity contribution in [1.29, 1.82) is 0 Å². The largest absolute Gasteiger partial charge is 0.355 e. The second kappa shape index (κ2) is 7.05. The lowest BCUT2D eigenvalue weighted by Crippen LogP contribution is -2.60. The van der Waals surface area contributed by atoms with Gasteiger partial charge in [-0.15, -0.1) is 0 Å². The van der Waals surface area contributed by atoms with Crippen LogP contribution in [-0.4, -0.2) is 34.2 Å². The zero-order valence-corrected chi connectivity index (χ0v) is 18.8. The number of rotatable bonds is 2. The predicted molar refractivity (Wildman–Crippen MR) is 123 cm³/mol. The van der Waals surface area contributed by atoms with E-state index in [1.807, 2.05) is 56.3 Å². The van der Waals surface area contributed by atoms with Gasteiger partial charge >= 0.3 is 0 Å². The Morgan fingerprint density at radius 1 is 0.938 bits per heavy atom. The Labute approximate surface area is 187 Å². The number of anilines is 1. The first kappa shape index (κ1) is 20.5. The molecule has 0 fully saturated rings. The fourth-order valence-corrected chi connectivity index (χ4v) is 5.22. The van der Waals surface area contributed by atoms with Crippen molar-refractivity contribution in [3.05, 3.63) is 65.4 Å². The third-order valence-electron chi connectivity index (χ3n) is 6.69. The van der Waals surface area contributed by atoms with Crippen LogP contribution >= 0.6 is 0 Å². The lowest BCUT2D eigenvalue weighted by atomic mass is 9.79. The summed E-state index contributed by atoms with van der Waals surface area (Å²) in [7, 11) is 0. The van der Waals surface area contributed by atoms with Crippen molar-refractivity contribution in [2.24, 2.45) is 11.8 Å². The number of nitrogens with one attached hydrogen (secondary N) is 1. The number of H-pyrrole nitrogens is 1. The first-order valence-corrected chi connectivity index (χ1v) is 11.2. The number of aromatic amines is 1. The number of imide groups is 1. The zero-order valence-electron chi connectivity index (χ0n) is 18.8. The molecule has 3 heterocycles. The Balaban J connectivity index is 1.87. The lowest BCUT2D eigenvalue weighted by Gasteiger charge is -2.44. The highest BCUT2D eigenvalue weighted by molar-refractivity contribution is 6.25. The highest BCUT2D eigenvalue weighted by Gasteiger charge is 2.62. The van der Waals surface area contributed by atoms with Crippen LogP contribution in [0.15, 0.2) is 48.5 Å². The number of carbonyl (C=O) groups is 3. The molecule has 5 rings (SSSR count). The van der Waals surface area contributed by atoms with Crippen molar-refractivity contribution >= 4 is 34.3 Å². The molecule has 2 aliphatic heterocycles. The second-order valence-electron chi connectivity index (χ2n) is 9.28. The van der Waals surface area contributed by atoms with E-state index in [-0.39, 0.29) is 29.6 Å². The summed E-state index contributed by atoms with van der Waals surface area (Å²) in [6.07, 6.45) is 0.646. The minimum atomic E-state index is -1.38. The van der Waals surface area contributed by atoms with E-state index in [1.165, 1.54) is 4.90 Å². The highest BCUT2D eigenvalue weighted by Crippen LogP contribution is 2.52. The number of para-hydroxylation sites is 2. The Morgan fingerprint density at radius 2 is 1.59 bits per heavy atom. The molecule has 32 heavy (non-hydrogen) atoms. The van der Waals surface area contributed by atoms with Crippen LogP contribution in [0, 0.1) is 11.8 Å². The molecule has 1 aromatic heterocycles. The molecule has 6 nitrogen and oxygen atoms in total. The summed E-state index contributed by atoms with van der Waals surface area (Å²) >= 11 is 0. The van der Waals surface area contributed by atoms with E-state index in [9.17, 15) is 14.4 Å². The molecule has 1 atom stereocenters. The van der Waals surface area contributed by atoms with Gasteiger partial charge in [0.15, 0.2) is 5.54 Å². The van der Waals surface area contributed by atoms with Gasteiger partial charge in [0, 0.05) is 34.8 Å². The summed E-state index contributed by atoms with van der Waals surface area (Å²) in [5.74, 6) is -1.38. The second-order valence-corrected chi connectivity index (χ2v) is 9.28. The third-order valence-corrected chi connectivity index (χ3v) is 6.69. The maximum absolute atomic E-state index is 14.4. The van der Waals surface area contributed by atoms with Crippen LogP contribution in [-0.2, 0) is 26.3 Å². The van der Waals surface area contributed by atoms with E-state index in [1.54, 1.807) is 24.8 Å². The molecule has 0 saturated heterocycles. The van der Waals surface area contributed by atoms with Crippen LogP contribution < -0.4 is 4.90 Å². The third kappa shape index (κ3) is 2.49. The minimum absolute atomic E-state index is 0.101. The Kier molecular flexibility index (Phi) is 4.52. The maximum atomic E-state index is 14.4. The van der Waals surface area contributed by atoms with E-state index >= 15 is 0 Å². The van der Waals surface area contributed by atoms with Gasteiger partial charge in [-0.3, -0.25) is 14.4 Å². The average molecular weight is 430 g/mol. The lowest BCUT2D eigenvalue weighted by molar-refractivity contribution is -0.148. The Bertz CT molecular complexity index is 1270. The van der Waals surface area contributed by atoms with E-state index in [2.05, 4.69) is 4.98 Å². The van der Waals surface area contributed by atoms with Gasteiger partial charge in [-0.1, -0.05) is 64.1 Å². The molecule has 164 valence electrons. The molecule has 0 aliphatic carbocycles. The summed E-state index contributed by atoms with van der Waals surface area (Å²) in [5, 5.41) is 1.05. The van der Waals surface area contributed by atoms with Crippen LogP contribution in [0.2, 0.25) is 0 Å². The van der Waals surface area contributed by atoms with Crippen molar-refractivity contribution in [2.75, 3.05) is 11.4 Å². The standard InChI is InChI=1S/C26H27N3O3/c1-15(2)23(30)28-14-13-18-17-9-5-7-11-20(17)27-22(18)26(28)19-10-6-8-12-21(19)29(25(26)32)24(31)16(3)4/h5-12,15-16,27H,13-14H2,1-4H3/t26-/m1/s1. The number of nitrogens with zero attached hydrogens (tertiary/aromatic N) is 2. The number of benzene rings is 2. The van der Waals surface area contributed by atoms with Gasteiger partial charge in [0.2, 0.25) is 11.8 Å². The molecule has 0 radical (unpaired) electrons. The van der Waals surface area contributed by atoms with Gasteiger partial charge in [-0.2, -0.15) is 0 Å². The molecule has 1 N–H and O–H groups in total. The molecule has 0 saturated carbocycles. The maximum Gasteiger partial charge on any atom is 0.270 e. The molecule has 0 bridgehead atoms.